The molecule has 1 atom stereocenters. The molecule has 0 radical (unpaired) electrons. The van der Waals surface area contributed by atoms with Crippen LogP contribution in [0.3, 0.4) is 0 Å². The molecule has 1 aromatic heterocycles. The average Bonchev–Trinajstić information content (AvgIpc) is 2.64. The van der Waals surface area contributed by atoms with Crippen molar-refractivity contribution in [3.05, 3.63) is 18.0 Å². The summed E-state index contributed by atoms with van der Waals surface area (Å²) in [7, 11) is 0. The average molecular weight is 205 g/mol. The monoisotopic (exact) mass is 205 g/mol. The second-order valence-corrected chi connectivity index (χ2v) is 3.74. The predicted octanol–water partition coefficient (Wildman–Crippen LogP) is 1.79. The van der Waals surface area contributed by atoms with Crippen molar-refractivity contribution < 1.29 is 0 Å². The van der Waals surface area contributed by atoms with Gasteiger partial charge in [0.2, 0.25) is 0 Å². The predicted molar refractivity (Wildman–Crippen MR) is 62.3 cm³/mol. The molecule has 3 heteroatoms. The van der Waals surface area contributed by atoms with E-state index >= 15 is 0 Å². The van der Waals surface area contributed by atoms with Crippen LogP contribution in [0, 0.1) is 12.3 Å². The molecule has 1 unspecified atom stereocenters. The second-order valence-electron chi connectivity index (χ2n) is 3.74. The fourth-order valence-corrected chi connectivity index (χ4v) is 1.45. The van der Waals surface area contributed by atoms with E-state index < -0.39 is 0 Å². The minimum absolute atomic E-state index is 0.361. The fraction of sp³-hybridized carbons (Fsp3) is 0.583. The van der Waals surface area contributed by atoms with Crippen molar-refractivity contribution in [2.24, 2.45) is 0 Å². The van der Waals surface area contributed by atoms with Gasteiger partial charge < -0.3 is 5.32 Å². The van der Waals surface area contributed by atoms with E-state index in [2.05, 4.69) is 30.2 Å². The van der Waals surface area contributed by atoms with Crippen molar-refractivity contribution in [3.8, 4) is 12.3 Å². The lowest BCUT2D eigenvalue weighted by atomic mass is 10.2. The lowest BCUT2D eigenvalue weighted by Gasteiger charge is -2.11. The molecule has 0 saturated carbocycles. The summed E-state index contributed by atoms with van der Waals surface area (Å²) in [5.41, 5.74) is 1.22. The molecule has 0 aliphatic rings. The molecule has 1 N–H and O–H groups in total. The number of hydrogen-bond acceptors (Lipinski definition) is 2. The SMILES string of the molecule is C#CCC(C)NCc1ccnn1CCC. The van der Waals surface area contributed by atoms with Crippen LogP contribution in [-0.2, 0) is 13.1 Å². The standard InChI is InChI=1S/C12H19N3/c1-4-6-11(3)13-10-12-7-8-14-15(12)9-5-2/h1,7-8,11,13H,5-6,9-10H2,2-3H3. The van der Waals surface area contributed by atoms with Crippen LogP contribution in [0.2, 0.25) is 0 Å². The molecule has 15 heavy (non-hydrogen) atoms. The third-order valence-electron chi connectivity index (χ3n) is 2.30. The molecule has 1 aromatic rings. The molecule has 0 saturated heterocycles. The van der Waals surface area contributed by atoms with Crippen molar-refractivity contribution in [1.29, 1.82) is 0 Å². The highest BCUT2D eigenvalue weighted by Gasteiger charge is 2.03. The van der Waals surface area contributed by atoms with E-state index in [-0.39, 0.29) is 0 Å². The molecule has 0 spiro atoms. The summed E-state index contributed by atoms with van der Waals surface area (Å²) in [4.78, 5) is 0. The maximum absolute atomic E-state index is 5.25. The van der Waals surface area contributed by atoms with Gasteiger partial charge >= 0.3 is 0 Å². The van der Waals surface area contributed by atoms with Crippen LogP contribution in [-0.4, -0.2) is 15.8 Å². The van der Waals surface area contributed by atoms with Gasteiger partial charge in [0, 0.05) is 31.7 Å². The summed E-state index contributed by atoms with van der Waals surface area (Å²) in [6.07, 6.45) is 8.97. The Morgan fingerprint density at radius 1 is 1.67 bits per heavy atom. The Bertz CT molecular complexity index is 322. The van der Waals surface area contributed by atoms with Crippen LogP contribution in [0.1, 0.15) is 32.4 Å². The minimum atomic E-state index is 0.361. The van der Waals surface area contributed by atoms with E-state index in [1.807, 2.05) is 16.9 Å². The first-order valence-electron chi connectivity index (χ1n) is 5.45. The smallest absolute Gasteiger partial charge is 0.0522 e. The van der Waals surface area contributed by atoms with Gasteiger partial charge in [-0.05, 0) is 19.4 Å². The Hall–Kier alpha value is -1.27. The maximum Gasteiger partial charge on any atom is 0.0522 e. The van der Waals surface area contributed by atoms with E-state index in [1.54, 1.807) is 0 Å². The number of terminal acetylenes is 1. The van der Waals surface area contributed by atoms with E-state index in [1.165, 1.54) is 5.69 Å². The van der Waals surface area contributed by atoms with Gasteiger partial charge in [0.15, 0.2) is 0 Å². The molecule has 0 bridgehead atoms. The van der Waals surface area contributed by atoms with E-state index in [0.29, 0.717) is 6.04 Å². The van der Waals surface area contributed by atoms with E-state index in [9.17, 15) is 0 Å². The zero-order valence-electron chi connectivity index (χ0n) is 9.53. The molecular weight excluding hydrogens is 186 g/mol. The topological polar surface area (TPSA) is 29.9 Å². The Morgan fingerprint density at radius 2 is 2.47 bits per heavy atom. The van der Waals surface area contributed by atoms with Crippen LogP contribution in [0.4, 0.5) is 0 Å². The van der Waals surface area contributed by atoms with Gasteiger partial charge in [-0.2, -0.15) is 5.10 Å². The fourth-order valence-electron chi connectivity index (χ4n) is 1.45. The van der Waals surface area contributed by atoms with Gasteiger partial charge in [0.25, 0.3) is 0 Å². The zero-order valence-corrected chi connectivity index (χ0v) is 9.53. The van der Waals surface area contributed by atoms with Crippen molar-refractivity contribution in [3.63, 3.8) is 0 Å². The largest absolute Gasteiger partial charge is 0.308 e. The number of aryl methyl sites for hydroxylation is 1. The third-order valence-corrected chi connectivity index (χ3v) is 2.30. The number of rotatable bonds is 6. The Morgan fingerprint density at radius 3 is 3.13 bits per heavy atom. The summed E-state index contributed by atoms with van der Waals surface area (Å²) >= 11 is 0. The van der Waals surface area contributed by atoms with Crippen LogP contribution >= 0.6 is 0 Å². The van der Waals surface area contributed by atoms with Crippen LogP contribution in [0.25, 0.3) is 0 Å². The van der Waals surface area contributed by atoms with Crippen LogP contribution in [0.5, 0.6) is 0 Å². The number of nitrogens with zero attached hydrogens (tertiary/aromatic N) is 2. The molecular formula is C12H19N3. The molecule has 1 rings (SSSR count). The Balaban J connectivity index is 2.43. The van der Waals surface area contributed by atoms with Crippen LogP contribution in [0.15, 0.2) is 12.3 Å². The quantitative estimate of drug-likeness (QED) is 0.718. The Labute approximate surface area is 91.9 Å². The molecule has 82 valence electrons. The Kier molecular flexibility index (Phi) is 4.92. The maximum atomic E-state index is 5.25. The first-order chi connectivity index (χ1) is 7.27. The summed E-state index contributed by atoms with van der Waals surface area (Å²) in [6, 6.07) is 2.41. The minimum Gasteiger partial charge on any atom is -0.308 e. The van der Waals surface area contributed by atoms with Gasteiger partial charge in [-0.25, -0.2) is 0 Å². The number of aromatic nitrogens is 2. The summed E-state index contributed by atoms with van der Waals surface area (Å²) in [5, 5.41) is 7.65. The van der Waals surface area contributed by atoms with Gasteiger partial charge in [-0.3, -0.25) is 4.68 Å². The molecule has 1 heterocycles. The second kappa shape index (κ2) is 6.26. The lowest BCUT2D eigenvalue weighted by Crippen LogP contribution is -2.26. The lowest BCUT2D eigenvalue weighted by molar-refractivity contribution is 0.511. The summed E-state index contributed by atoms with van der Waals surface area (Å²) < 4.78 is 2.04. The summed E-state index contributed by atoms with van der Waals surface area (Å²) in [5.74, 6) is 2.65. The first-order valence-corrected chi connectivity index (χ1v) is 5.45. The third kappa shape index (κ3) is 3.77. The van der Waals surface area contributed by atoms with Crippen molar-refractivity contribution in [1.82, 2.24) is 15.1 Å². The van der Waals surface area contributed by atoms with Crippen LogP contribution < -0.4 is 5.32 Å². The molecule has 0 fully saturated rings. The van der Waals surface area contributed by atoms with Gasteiger partial charge in [0.1, 0.15) is 0 Å². The number of nitrogens with one attached hydrogen (secondary N) is 1. The van der Waals surface area contributed by atoms with E-state index in [0.717, 1.165) is 25.9 Å². The number of hydrogen-bond donors (Lipinski definition) is 1. The van der Waals surface area contributed by atoms with E-state index in [4.69, 9.17) is 6.42 Å². The van der Waals surface area contributed by atoms with Crippen molar-refractivity contribution >= 4 is 0 Å². The molecule has 3 nitrogen and oxygen atoms in total. The molecule has 0 amide bonds. The highest BCUT2D eigenvalue weighted by Crippen LogP contribution is 2.01. The van der Waals surface area contributed by atoms with Gasteiger partial charge in [0.05, 0.1) is 5.69 Å². The zero-order chi connectivity index (χ0) is 11.1. The van der Waals surface area contributed by atoms with Gasteiger partial charge in [-0.1, -0.05) is 6.92 Å². The highest BCUT2D eigenvalue weighted by atomic mass is 15.3. The van der Waals surface area contributed by atoms with Crippen molar-refractivity contribution in [2.75, 3.05) is 0 Å². The first kappa shape index (κ1) is 11.8. The highest BCUT2D eigenvalue weighted by molar-refractivity contribution is 5.00. The molecule has 0 aliphatic carbocycles. The molecule has 0 aromatic carbocycles. The van der Waals surface area contributed by atoms with Gasteiger partial charge in [-0.15, -0.1) is 12.3 Å². The summed E-state index contributed by atoms with van der Waals surface area (Å²) in [6.45, 7) is 6.07. The molecule has 0 aliphatic heterocycles. The van der Waals surface area contributed by atoms with Crippen molar-refractivity contribution in [2.45, 2.75) is 45.8 Å². The normalized spacial score (nSPS) is 12.3.